The molecular formula is C16H18ClN. The van der Waals surface area contributed by atoms with Crippen LogP contribution >= 0.6 is 11.6 Å². The first-order valence-corrected chi connectivity index (χ1v) is 6.65. The second-order valence-corrected chi connectivity index (χ2v) is 4.83. The van der Waals surface area contributed by atoms with E-state index in [1.54, 1.807) is 0 Å². The van der Waals surface area contributed by atoms with Gasteiger partial charge in [0.2, 0.25) is 0 Å². The number of hydrogen-bond acceptors (Lipinski definition) is 1. The molecule has 0 atom stereocenters. The zero-order valence-electron chi connectivity index (χ0n) is 10.8. The van der Waals surface area contributed by atoms with Gasteiger partial charge in [-0.15, -0.1) is 0 Å². The first kappa shape index (κ1) is 13.1. The molecule has 0 aromatic heterocycles. The highest BCUT2D eigenvalue weighted by atomic mass is 35.5. The van der Waals surface area contributed by atoms with E-state index >= 15 is 0 Å². The Morgan fingerprint density at radius 3 is 2.56 bits per heavy atom. The molecule has 0 bridgehead atoms. The summed E-state index contributed by atoms with van der Waals surface area (Å²) < 4.78 is 0. The molecule has 0 amide bonds. The second-order valence-electron chi connectivity index (χ2n) is 4.40. The van der Waals surface area contributed by atoms with Crippen molar-refractivity contribution in [1.82, 2.24) is 5.32 Å². The highest BCUT2D eigenvalue weighted by Gasteiger charge is 2.07. The largest absolute Gasteiger partial charge is 0.313 e. The monoisotopic (exact) mass is 259 g/mol. The average molecular weight is 260 g/mol. The molecule has 1 N–H and O–H groups in total. The summed E-state index contributed by atoms with van der Waals surface area (Å²) >= 11 is 6.13. The lowest BCUT2D eigenvalue weighted by atomic mass is 9.96. The Labute approximate surface area is 114 Å². The summed E-state index contributed by atoms with van der Waals surface area (Å²) in [6, 6.07) is 14.5. The first-order valence-electron chi connectivity index (χ1n) is 6.27. The van der Waals surface area contributed by atoms with Crippen LogP contribution in [0.25, 0.3) is 11.1 Å². The van der Waals surface area contributed by atoms with Crippen molar-refractivity contribution >= 4 is 11.6 Å². The Morgan fingerprint density at radius 2 is 1.83 bits per heavy atom. The van der Waals surface area contributed by atoms with Gasteiger partial charge in [0.25, 0.3) is 0 Å². The van der Waals surface area contributed by atoms with E-state index in [2.05, 4.69) is 55.6 Å². The van der Waals surface area contributed by atoms with Gasteiger partial charge in [-0.25, -0.2) is 0 Å². The van der Waals surface area contributed by atoms with Crippen molar-refractivity contribution in [2.75, 3.05) is 6.54 Å². The smallest absolute Gasteiger partial charge is 0.0412 e. The molecule has 0 spiro atoms. The summed E-state index contributed by atoms with van der Waals surface area (Å²) in [5.41, 5.74) is 5.04. The van der Waals surface area contributed by atoms with E-state index in [-0.39, 0.29) is 0 Å². The van der Waals surface area contributed by atoms with Crippen LogP contribution < -0.4 is 5.32 Å². The van der Waals surface area contributed by atoms with Crippen LogP contribution in [-0.2, 0) is 6.54 Å². The number of benzene rings is 2. The maximum atomic E-state index is 6.13. The van der Waals surface area contributed by atoms with E-state index < -0.39 is 0 Å². The Morgan fingerprint density at radius 1 is 1.06 bits per heavy atom. The first-order chi connectivity index (χ1) is 8.72. The SMILES string of the molecule is CCNCc1ccc(Cl)cc1-c1ccccc1C. The van der Waals surface area contributed by atoms with Crippen molar-refractivity contribution in [3.8, 4) is 11.1 Å². The number of nitrogens with one attached hydrogen (secondary N) is 1. The Hall–Kier alpha value is -1.31. The van der Waals surface area contributed by atoms with Crippen LogP contribution in [0.15, 0.2) is 42.5 Å². The minimum Gasteiger partial charge on any atom is -0.313 e. The number of halogens is 1. The lowest BCUT2D eigenvalue weighted by Crippen LogP contribution is -2.12. The summed E-state index contributed by atoms with van der Waals surface area (Å²) in [5.74, 6) is 0. The van der Waals surface area contributed by atoms with Crippen LogP contribution in [0.4, 0.5) is 0 Å². The van der Waals surface area contributed by atoms with Gasteiger partial charge in [-0.2, -0.15) is 0 Å². The fourth-order valence-electron chi connectivity index (χ4n) is 2.09. The molecule has 0 radical (unpaired) electrons. The average Bonchev–Trinajstić information content (AvgIpc) is 2.38. The van der Waals surface area contributed by atoms with Gasteiger partial charge in [-0.3, -0.25) is 0 Å². The fourth-order valence-corrected chi connectivity index (χ4v) is 2.26. The summed E-state index contributed by atoms with van der Waals surface area (Å²) in [4.78, 5) is 0. The molecule has 0 aliphatic rings. The number of hydrogen-bond donors (Lipinski definition) is 1. The summed E-state index contributed by atoms with van der Waals surface area (Å²) in [5, 5.41) is 4.16. The predicted octanol–water partition coefficient (Wildman–Crippen LogP) is 4.42. The van der Waals surface area contributed by atoms with E-state index in [0.717, 1.165) is 18.1 Å². The molecule has 2 aromatic rings. The molecule has 0 fully saturated rings. The Bertz CT molecular complexity index is 534. The van der Waals surface area contributed by atoms with E-state index in [1.807, 2.05) is 6.07 Å². The molecule has 0 saturated heterocycles. The van der Waals surface area contributed by atoms with E-state index in [0.29, 0.717) is 0 Å². The van der Waals surface area contributed by atoms with Crippen LogP contribution in [0.5, 0.6) is 0 Å². The van der Waals surface area contributed by atoms with Crippen molar-refractivity contribution in [2.45, 2.75) is 20.4 Å². The van der Waals surface area contributed by atoms with Crippen LogP contribution in [0.2, 0.25) is 5.02 Å². The fraction of sp³-hybridized carbons (Fsp3) is 0.250. The van der Waals surface area contributed by atoms with Crippen molar-refractivity contribution in [1.29, 1.82) is 0 Å². The van der Waals surface area contributed by atoms with Gasteiger partial charge in [-0.05, 0) is 47.9 Å². The Kier molecular flexibility index (Phi) is 4.40. The van der Waals surface area contributed by atoms with Crippen LogP contribution in [0.3, 0.4) is 0 Å². The zero-order valence-corrected chi connectivity index (χ0v) is 11.6. The summed E-state index contributed by atoms with van der Waals surface area (Å²) in [7, 11) is 0. The van der Waals surface area contributed by atoms with E-state index in [1.165, 1.54) is 22.3 Å². The lowest BCUT2D eigenvalue weighted by molar-refractivity contribution is 0.728. The minimum absolute atomic E-state index is 0.786. The standard InChI is InChI=1S/C16H18ClN/c1-3-18-11-13-8-9-14(17)10-16(13)15-7-5-4-6-12(15)2/h4-10,18H,3,11H2,1-2H3. The number of aryl methyl sites for hydroxylation is 1. The van der Waals surface area contributed by atoms with Gasteiger partial charge >= 0.3 is 0 Å². The highest BCUT2D eigenvalue weighted by Crippen LogP contribution is 2.29. The quantitative estimate of drug-likeness (QED) is 0.857. The summed E-state index contributed by atoms with van der Waals surface area (Å²) in [6.45, 7) is 6.09. The van der Waals surface area contributed by atoms with Crippen LogP contribution in [-0.4, -0.2) is 6.54 Å². The minimum atomic E-state index is 0.786. The lowest BCUT2D eigenvalue weighted by Gasteiger charge is -2.13. The van der Waals surface area contributed by atoms with Crippen molar-refractivity contribution in [3.63, 3.8) is 0 Å². The molecular weight excluding hydrogens is 242 g/mol. The Balaban J connectivity index is 2.48. The third-order valence-corrected chi connectivity index (χ3v) is 3.31. The van der Waals surface area contributed by atoms with Crippen LogP contribution in [0, 0.1) is 6.92 Å². The zero-order chi connectivity index (χ0) is 13.0. The molecule has 0 heterocycles. The number of rotatable bonds is 4. The molecule has 94 valence electrons. The van der Waals surface area contributed by atoms with E-state index in [4.69, 9.17) is 11.6 Å². The molecule has 1 nitrogen and oxygen atoms in total. The van der Waals surface area contributed by atoms with Gasteiger partial charge in [0, 0.05) is 11.6 Å². The normalized spacial score (nSPS) is 10.6. The third kappa shape index (κ3) is 2.92. The molecule has 18 heavy (non-hydrogen) atoms. The molecule has 0 saturated carbocycles. The molecule has 0 aliphatic heterocycles. The van der Waals surface area contributed by atoms with Crippen molar-refractivity contribution < 1.29 is 0 Å². The second kappa shape index (κ2) is 6.03. The van der Waals surface area contributed by atoms with Gasteiger partial charge in [0.15, 0.2) is 0 Å². The van der Waals surface area contributed by atoms with Gasteiger partial charge in [-0.1, -0.05) is 48.9 Å². The van der Waals surface area contributed by atoms with Gasteiger partial charge in [0.05, 0.1) is 0 Å². The van der Waals surface area contributed by atoms with Crippen molar-refractivity contribution in [2.24, 2.45) is 0 Å². The highest BCUT2D eigenvalue weighted by molar-refractivity contribution is 6.30. The molecule has 2 heteroatoms. The summed E-state index contributed by atoms with van der Waals surface area (Å²) in [6.07, 6.45) is 0. The van der Waals surface area contributed by atoms with Crippen LogP contribution in [0.1, 0.15) is 18.1 Å². The third-order valence-electron chi connectivity index (χ3n) is 3.07. The predicted molar refractivity (Wildman–Crippen MR) is 79.0 cm³/mol. The molecule has 0 aliphatic carbocycles. The van der Waals surface area contributed by atoms with Gasteiger partial charge in [0.1, 0.15) is 0 Å². The maximum Gasteiger partial charge on any atom is 0.0412 e. The topological polar surface area (TPSA) is 12.0 Å². The van der Waals surface area contributed by atoms with Crippen molar-refractivity contribution in [3.05, 3.63) is 58.6 Å². The van der Waals surface area contributed by atoms with E-state index in [9.17, 15) is 0 Å². The molecule has 2 rings (SSSR count). The molecule has 2 aromatic carbocycles. The molecule has 0 unspecified atom stereocenters. The van der Waals surface area contributed by atoms with Gasteiger partial charge < -0.3 is 5.32 Å². The maximum absolute atomic E-state index is 6.13.